The first kappa shape index (κ1) is 19.9. The van der Waals surface area contributed by atoms with Crippen molar-refractivity contribution in [3.63, 3.8) is 0 Å². The number of halogens is 1. The van der Waals surface area contributed by atoms with E-state index in [1.54, 1.807) is 49.4 Å². The molecule has 0 aliphatic heterocycles. The van der Waals surface area contributed by atoms with Crippen molar-refractivity contribution in [2.24, 2.45) is 0 Å². The Kier molecular flexibility index (Phi) is 5.72. The Bertz CT molecular complexity index is 1140. The van der Waals surface area contributed by atoms with E-state index in [4.69, 9.17) is 11.6 Å². The van der Waals surface area contributed by atoms with Gasteiger partial charge in [0, 0.05) is 5.56 Å². The third-order valence-electron chi connectivity index (χ3n) is 4.28. The molecule has 0 spiro atoms. The molecular formula is C21H19ClN2O3S. The second-order valence-corrected chi connectivity index (χ2v) is 8.42. The summed E-state index contributed by atoms with van der Waals surface area (Å²) in [6.07, 6.45) is 0. The average molecular weight is 415 g/mol. The van der Waals surface area contributed by atoms with Gasteiger partial charge in [0.25, 0.3) is 15.9 Å². The van der Waals surface area contributed by atoms with Crippen molar-refractivity contribution in [2.75, 3.05) is 10.0 Å². The molecule has 0 bridgehead atoms. The zero-order valence-electron chi connectivity index (χ0n) is 15.4. The van der Waals surface area contributed by atoms with Gasteiger partial charge in [-0.2, -0.15) is 0 Å². The van der Waals surface area contributed by atoms with Crippen LogP contribution in [0.3, 0.4) is 0 Å². The van der Waals surface area contributed by atoms with Gasteiger partial charge in [0.2, 0.25) is 0 Å². The number of rotatable bonds is 5. The van der Waals surface area contributed by atoms with E-state index < -0.39 is 15.9 Å². The summed E-state index contributed by atoms with van der Waals surface area (Å²) in [4.78, 5) is 12.7. The minimum absolute atomic E-state index is 0.00524. The molecule has 7 heteroatoms. The summed E-state index contributed by atoms with van der Waals surface area (Å²) in [7, 11) is -3.85. The molecule has 0 aliphatic carbocycles. The van der Waals surface area contributed by atoms with Crippen molar-refractivity contribution in [3.05, 3.63) is 88.4 Å². The number of aryl methyl sites for hydroxylation is 2. The first-order chi connectivity index (χ1) is 13.3. The normalized spacial score (nSPS) is 11.1. The Hall–Kier alpha value is -2.83. The molecule has 1 amide bonds. The van der Waals surface area contributed by atoms with Crippen LogP contribution in [0.4, 0.5) is 11.4 Å². The molecule has 0 saturated carbocycles. The standard InChI is InChI=1S/C21H19ClN2O3S/c1-14-11-12-16(28(26,27)24-19-9-5-3-7-15(19)2)13-17(14)21(25)23-20-10-6-4-8-18(20)22/h3-13,24H,1-2H3,(H,23,25). The van der Waals surface area contributed by atoms with Crippen LogP contribution < -0.4 is 10.0 Å². The van der Waals surface area contributed by atoms with Crippen molar-refractivity contribution >= 4 is 38.9 Å². The fourth-order valence-corrected chi connectivity index (χ4v) is 4.00. The summed E-state index contributed by atoms with van der Waals surface area (Å²) < 4.78 is 28.1. The average Bonchev–Trinajstić information content (AvgIpc) is 2.65. The predicted molar refractivity (Wildman–Crippen MR) is 113 cm³/mol. The highest BCUT2D eigenvalue weighted by Crippen LogP contribution is 2.24. The number of amides is 1. The lowest BCUT2D eigenvalue weighted by Gasteiger charge is -2.13. The van der Waals surface area contributed by atoms with E-state index in [0.717, 1.165) is 5.56 Å². The van der Waals surface area contributed by atoms with Crippen molar-refractivity contribution < 1.29 is 13.2 Å². The summed E-state index contributed by atoms with van der Waals surface area (Å²) in [6.45, 7) is 3.56. The molecule has 3 aromatic carbocycles. The largest absolute Gasteiger partial charge is 0.321 e. The molecule has 28 heavy (non-hydrogen) atoms. The topological polar surface area (TPSA) is 75.3 Å². The number of hydrogen-bond donors (Lipinski definition) is 2. The van der Waals surface area contributed by atoms with Crippen LogP contribution in [-0.2, 0) is 10.0 Å². The molecule has 0 saturated heterocycles. The SMILES string of the molecule is Cc1ccccc1NS(=O)(=O)c1ccc(C)c(C(=O)Nc2ccccc2Cl)c1. The number of anilines is 2. The van der Waals surface area contributed by atoms with Crippen molar-refractivity contribution in [3.8, 4) is 0 Å². The van der Waals surface area contributed by atoms with Crippen LogP contribution >= 0.6 is 11.6 Å². The van der Waals surface area contributed by atoms with Gasteiger partial charge >= 0.3 is 0 Å². The van der Waals surface area contributed by atoms with Crippen molar-refractivity contribution in [1.29, 1.82) is 0 Å². The van der Waals surface area contributed by atoms with E-state index in [-0.39, 0.29) is 10.5 Å². The lowest BCUT2D eigenvalue weighted by molar-refractivity contribution is 0.102. The highest BCUT2D eigenvalue weighted by molar-refractivity contribution is 7.92. The molecular weight excluding hydrogens is 396 g/mol. The number of sulfonamides is 1. The first-order valence-corrected chi connectivity index (χ1v) is 10.4. The predicted octanol–water partition coefficient (Wildman–Crippen LogP) is 5.01. The smallest absolute Gasteiger partial charge is 0.261 e. The van der Waals surface area contributed by atoms with Gasteiger partial charge in [-0.05, 0) is 55.3 Å². The maximum atomic E-state index is 12.8. The van der Waals surface area contributed by atoms with Crippen molar-refractivity contribution in [2.45, 2.75) is 18.7 Å². The maximum Gasteiger partial charge on any atom is 0.261 e. The highest BCUT2D eigenvalue weighted by Gasteiger charge is 2.19. The molecule has 5 nitrogen and oxygen atoms in total. The number of hydrogen-bond acceptors (Lipinski definition) is 3. The summed E-state index contributed by atoms with van der Waals surface area (Å²) in [6, 6.07) is 18.4. The number of benzene rings is 3. The van der Waals surface area contributed by atoms with Gasteiger partial charge in [0.1, 0.15) is 0 Å². The van der Waals surface area contributed by atoms with Crippen LogP contribution in [0.15, 0.2) is 71.6 Å². The lowest BCUT2D eigenvalue weighted by Crippen LogP contribution is -2.17. The second kappa shape index (κ2) is 8.04. The number of carbonyl (C=O) groups is 1. The van der Waals surface area contributed by atoms with Gasteiger partial charge < -0.3 is 5.32 Å². The third kappa shape index (κ3) is 4.35. The summed E-state index contributed by atoms with van der Waals surface area (Å²) in [5.74, 6) is -0.432. The van der Waals surface area contributed by atoms with Gasteiger partial charge in [-0.3, -0.25) is 9.52 Å². The molecule has 0 unspecified atom stereocenters. The van der Waals surface area contributed by atoms with Gasteiger partial charge in [-0.25, -0.2) is 8.42 Å². The van der Waals surface area contributed by atoms with Gasteiger partial charge in [-0.15, -0.1) is 0 Å². The minimum Gasteiger partial charge on any atom is -0.321 e. The number of carbonyl (C=O) groups excluding carboxylic acids is 1. The van der Waals surface area contributed by atoms with E-state index in [1.807, 2.05) is 19.1 Å². The first-order valence-electron chi connectivity index (χ1n) is 8.53. The van der Waals surface area contributed by atoms with Crippen LogP contribution in [0.5, 0.6) is 0 Å². The zero-order valence-corrected chi connectivity index (χ0v) is 16.9. The summed E-state index contributed by atoms with van der Waals surface area (Å²) >= 11 is 6.08. The van der Waals surface area contributed by atoms with Gasteiger partial charge in [0.15, 0.2) is 0 Å². The summed E-state index contributed by atoms with van der Waals surface area (Å²) in [5, 5.41) is 3.12. The quantitative estimate of drug-likeness (QED) is 0.616. The number of nitrogens with one attached hydrogen (secondary N) is 2. The second-order valence-electron chi connectivity index (χ2n) is 6.33. The van der Waals surface area contributed by atoms with Gasteiger partial charge in [0.05, 0.1) is 21.3 Å². The fourth-order valence-electron chi connectivity index (χ4n) is 2.66. The highest BCUT2D eigenvalue weighted by atomic mass is 35.5. The monoisotopic (exact) mass is 414 g/mol. The lowest BCUT2D eigenvalue weighted by atomic mass is 10.1. The molecule has 0 aromatic heterocycles. The molecule has 2 N–H and O–H groups in total. The Morgan fingerprint density at radius 3 is 2.18 bits per heavy atom. The van der Waals surface area contributed by atoms with Crippen LogP contribution in [-0.4, -0.2) is 14.3 Å². The molecule has 3 rings (SSSR count). The molecule has 144 valence electrons. The van der Waals surface area contributed by atoms with E-state index in [2.05, 4.69) is 10.0 Å². The maximum absolute atomic E-state index is 12.8. The zero-order chi connectivity index (χ0) is 20.3. The van der Waals surface area contributed by atoms with Crippen LogP contribution in [0, 0.1) is 13.8 Å². The fraction of sp³-hybridized carbons (Fsp3) is 0.0952. The van der Waals surface area contributed by atoms with E-state index in [0.29, 0.717) is 22.0 Å². The van der Waals surface area contributed by atoms with Crippen LogP contribution in [0.25, 0.3) is 0 Å². The Morgan fingerprint density at radius 1 is 0.857 bits per heavy atom. The Morgan fingerprint density at radius 2 is 1.50 bits per heavy atom. The molecule has 0 aliphatic rings. The van der Waals surface area contributed by atoms with E-state index in [1.165, 1.54) is 12.1 Å². The Labute approximate surface area is 169 Å². The molecule has 3 aromatic rings. The van der Waals surface area contributed by atoms with Gasteiger partial charge in [-0.1, -0.05) is 48.0 Å². The van der Waals surface area contributed by atoms with Crippen molar-refractivity contribution in [1.82, 2.24) is 0 Å². The molecule has 0 heterocycles. The minimum atomic E-state index is -3.85. The van der Waals surface area contributed by atoms with Crippen LogP contribution in [0.2, 0.25) is 5.02 Å². The Balaban J connectivity index is 1.91. The molecule has 0 radical (unpaired) electrons. The van der Waals surface area contributed by atoms with Crippen LogP contribution in [0.1, 0.15) is 21.5 Å². The summed E-state index contributed by atoms with van der Waals surface area (Å²) in [5.41, 5.74) is 2.66. The molecule has 0 atom stereocenters. The molecule has 0 fully saturated rings. The number of para-hydroxylation sites is 2. The van der Waals surface area contributed by atoms with E-state index >= 15 is 0 Å². The van der Waals surface area contributed by atoms with E-state index in [9.17, 15) is 13.2 Å². The third-order valence-corrected chi connectivity index (χ3v) is 5.97.